The number of nitrogens with one attached hydrogen (secondary N) is 1. The summed E-state index contributed by atoms with van der Waals surface area (Å²) in [6.07, 6.45) is 2.17. The lowest BCUT2D eigenvalue weighted by Crippen LogP contribution is -2.24. The van der Waals surface area contributed by atoms with Gasteiger partial charge in [-0.1, -0.05) is 13.8 Å². The van der Waals surface area contributed by atoms with E-state index in [2.05, 4.69) is 56.0 Å². The summed E-state index contributed by atoms with van der Waals surface area (Å²) in [4.78, 5) is 6.61. The van der Waals surface area contributed by atoms with Gasteiger partial charge in [0, 0.05) is 32.0 Å². The van der Waals surface area contributed by atoms with Crippen molar-refractivity contribution in [3.05, 3.63) is 24.0 Å². The Morgan fingerprint density at radius 3 is 2.70 bits per heavy atom. The Bertz CT molecular complexity index is 380. The topological polar surface area (TPSA) is 37.4 Å². The molecule has 1 N–H and O–H groups in total. The molecule has 0 spiro atoms. The molecule has 20 heavy (non-hydrogen) atoms. The lowest BCUT2D eigenvalue weighted by atomic mass is 10.2. The first-order chi connectivity index (χ1) is 9.49. The SMILES string of the molecule is CC(C)CNCc1cc(N(C)CCOC(C)C)ccn1. The van der Waals surface area contributed by atoms with Gasteiger partial charge in [0.1, 0.15) is 0 Å². The van der Waals surface area contributed by atoms with Gasteiger partial charge >= 0.3 is 0 Å². The predicted molar refractivity (Wildman–Crippen MR) is 85.1 cm³/mol. The van der Waals surface area contributed by atoms with Gasteiger partial charge in [-0.05, 0) is 38.4 Å². The van der Waals surface area contributed by atoms with Crippen molar-refractivity contribution in [1.29, 1.82) is 0 Å². The van der Waals surface area contributed by atoms with Crippen LogP contribution in [0.3, 0.4) is 0 Å². The highest BCUT2D eigenvalue weighted by atomic mass is 16.5. The zero-order valence-electron chi connectivity index (χ0n) is 13.5. The van der Waals surface area contributed by atoms with E-state index in [1.54, 1.807) is 0 Å². The normalized spacial score (nSPS) is 11.3. The van der Waals surface area contributed by atoms with E-state index in [1.807, 2.05) is 12.3 Å². The molecule has 0 aromatic carbocycles. The van der Waals surface area contributed by atoms with Gasteiger partial charge in [0.05, 0.1) is 18.4 Å². The molecule has 0 saturated carbocycles. The summed E-state index contributed by atoms with van der Waals surface area (Å²) in [6.45, 7) is 12.0. The smallest absolute Gasteiger partial charge is 0.0644 e. The standard InChI is InChI=1S/C16H29N3O/c1-13(2)11-17-12-15-10-16(6-7-18-15)19(5)8-9-20-14(3)4/h6-7,10,13-14,17H,8-9,11-12H2,1-5H3. The van der Waals surface area contributed by atoms with Crippen LogP contribution in [0.4, 0.5) is 5.69 Å². The second-order valence-electron chi connectivity index (χ2n) is 5.87. The first-order valence-electron chi connectivity index (χ1n) is 7.47. The molecule has 0 aliphatic carbocycles. The Morgan fingerprint density at radius 1 is 1.30 bits per heavy atom. The number of anilines is 1. The summed E-state index contributed by atoms with van der Waals surface area (Å²) in [5.41, 5.74) is 2.27. The van der Waals surface area contributed by atoms with Crippen molar-refractivity contribution in [1.82, 2.24) is 10.3 Å². The highest BCUT2D eigenvalue weighted by molar-refractivity contribution is 5.45. The molecule has 1 aromatic heterocycles. The predicted octanol–water partition coefficient (Wildman–Crippen LogP) is 2.69. The number of rotatable bonds is 9. The highest BCUT2D eigenvalue weighted by Crippen LogP contribution is 2.12. The summed E-state index contributed by atoms with van der Waals surface area (Å²) in [5.74, 6) is 0.661. The van der Waals surface area contributed by atoms with Crippen LogP contribution in [-0.2, 0) is 11.3 Å². The van der Waals surface area contributed by atoms with Crippen molar-refractivity contribution in [2.75, 3.05) is 31.6 Å². The van der Waals surface area contributed by atoms with E-state index in [-0.39, 0.29) is 6.10 Å². The Labute approximate surface area is 123 Å². The number of hydrogen-bond acceptors (Lipinski definition) is 4. The zero-order chi connectivity index (χ0) is 15.0. The van der Waals surface area contributed by atoms with Gasteiger partial charge in [0.25, 0.3) is 0 Å². The van der Waals surface area contributed by atoms with Crippen LogP contribution in [-0.4, -0.2) is 37.8 Å². The van der Waals surface area contributed by atoms with Gasteiger partial charge in [0.15, 0.2) is 0 Å². The highest BCUT2D eigenvalue weighted by Gasteiger charge is 2.04. The van der Waals surface area contributed by atoms with Crippen LogP contribution in [0.5, 0.6) is 0 Å². The molecular weight excluding hydrogens is 250 g/mol. The molecule has 0 radical (unpaired) electrons. The van der Waals surface area contributed by atoms with E-state index in [0.29, 0.717) is 5.92 Å². The van der Waals surface area contributed by atoms with Crippen molar-refractivity contribution < 1.29 is 4.74 Å². The Hall–Kier alpha value is -1.13. The minimum atomic E-state index is 0.289. The number of hydrogen-bond donors (Lipinski definition) is 1. The van der Waals surface area contributed by atoms with Crippen LogP contribution in [0, 0.1) is 5.92 Å². The Balaban J connectivity index is 2.45. The third-order valence-electron chi connectivity index (χ3n) is 2.98. The molecule has 4 heteroatoms. The quantitative estimate of drug-likeness (QED) is 0.754. The van der Waals surface area contributed by atoms with Crippen LogP contribution in [0.1, 0.15) is 33.4 Å². The lowest BCUT2D eigenvalue weighted by Gasteiger charge is -2.20. The molecule has 4 nitrogen and oxygen atoms in total. The molecule has 0 unspecified atom stereocenters. The van der Waals surface area contributed by atoms with Crippen molar-refractivity contribution in [3.63, 3.8) is 0 Å². The molecule has 0 bridgehead atoms. The van der Waals surface area contributed by atoms with Gasteiger partial charge in [-0.15, -0.1) is 0 Å². The summed E-state index contributed by atoms with van der Waals surface area (Å²) in [5, 5.41) is 3.42. The third-order valence-corrected chi connectivity index (χ3v) is 2.98. The maximum atomic E-state index is 5.59. The fraction of sp³-hybridized carbons (Fsp3) is 0.688. The molecule has 0 aliphatic rings. The van der Waals surface area contributed by atoms with Gasteiger partial charge in [-0.25, -0.2) is 0 Å². The van der Waals surface area contributed by atoms with Gasteiger partial charge in [-0.3, -0.25) is 4.98 Å². The summed E-state index contributed by atoms with van der Waals surface area (Å²) >= 11 is 0. The van der Waals surface area contributed by atoms with E-state index >= 15 is 0 Å². The van der Waals surface area contributed by atoms with E-state index in [0.717, 1.165) is 31.9 Å². The fourth-order valence-electron chi connectivity index (χ4n) is 1.84. The molecule has 0 saturated heterocycles. The lowest BCUT2D eigenvalue weighted by molar-refractivity contribution is 0.0846. The summed E-state index contributed by atoms with van der Waals surface area (Å²) in [6, 6.07) is 4.18. The Kier molecular flexibility index (Phi) is 7.55. The van der Waals surface area contributed by atoms with Crippen LogP contribution in [0.25, 0.3) is 0 Å². The number of ether oxygens (including phenoxy) is 1. The average molecular weight is 279 g/mol. The van der Waals surface area contributed by atoms with Gasteiger partial charge < -0.3 is 15.0 Å². The monoisotopic (exact) mass is 279 g/mol. The molecule has 0 atom stereocenters. The zero-order valence-corrected chi connectivity index (χ0v) is 13.5. The fourth-order valence-corrected chi connectivity index (χ4v) is 1.84. The van der Waals surface area contributed by atoms with Crippen molar-refractivity contribution in [2.45, 2.75) is 40.3 Å². The molecule has 0 fully saturated rings. The van der Waals surface area contributed by atoms with Crippen molar-refractivity contribution in [3.8, 4) is 0 Å². The number of nitrogens with zero attached hydrogens (tertiary/aromatic N) is 2. The second kappa shape index (κ2) is 8.93. The first-order valence-corrected chi connectivity index (χ1v) is 7.47. The average Bonchev–Trinajstić information content (AvgIpc) is 2.38. The van der Waals surface area contributed by atoms with Crippen LogP contribution < -0.4 is 10.2 Å². The largest absolute Gasteiger partial charge is 0.377 e. The maximum Gasteiger partial charge on any atom is 0.0644 e. The number of pyridine rings is 1. The van der Waals surface area contributed by atoms with Crippen LogP contribution in [0.15, 0.2) is 18.3 Å². The number of likely N-dealkylation sites (N-methyl/N-ethyl adjacent to an activating group) is 1. The van der Waals surface area contributed by atoms with Crippen molar-refractivity contribution in [2.24, 2.45) is 5.92 Å². The van der Waals surface area contributed by atoms with E-state index < -0.39 is 0 Å². The van der Waals surface area contributed by atoms with Crippen LogP contribution >= 0.6 is 0 Å². The summed E-state index contributed by atoms with van der Waals surface area (Å²) < 4.78 is 5.59. The summed E-state index contributed by atoms with van der Waals surface area (Å²) in [7, 11) is 2.09. The minimum Gasteiger partial charge on any atom is -0.377 e. The first kappa shape index (κ1) is 16.9. The molecule has 0 amide bonds. The number of aromatic nitrogens is 1. The molecule has 1 aromatic rings. The van der Waals surface area contributed by atoms with Gasteiger partial charge in [-0.2, -0.15) is 0 Å². The molecule has 0 aliphatic heterocycles. The molecule has 1 rings (SSSR count). The van der Waals surface area contributed by atoms with E-state index in [4.69, 9.17) is 4.74 Å². The second-order valence-corrected chi connectivity index (χ2v) is 5.87. The molecular formula is C16H29N3O. The Morgan fingerprint density at radius 2 is 2.05 bits per heavy atom. The molecule has 114 valence electrons. The van der Waals surface area contributed by atoms with Gasteiger partial charge in [0.2, 0.25) is 0 Å². The van der Waals surface area contributed by atoms with E-state index in [1.165, 1.54) is 5.69 Å². The maximum absolute atomic E-state index is 5.59. The molecule has 1 heterocycles. The third kappa shape index (κ3) is 6.87. The van der Waals surface area contributed by atoms with Crippen molar-refractivity contribution >= 4 is 5.69 Å². The minimum absolute atomic E-state index is 0.289. The van der Waals surface area contributed by atoms with E-state index in [9.17, 15) is 0 Å². The van der Waals surface area contributed by atoms with Crippen LogP contribution in [0.2, 0.25) is 0 Å².